The molecule has 3 rings (SSSR count). The second kappa shape index (κ2) is 5.37. The van der Waals surface area contributed by atoms with E-state index in [0.29, 0.717) is 17.7 Å². The van der Waals surface area contributed by atoms with E-state index in [9.17, 15) is 0 Å². The van der Waals surface area contributed by atoms with Gasteiger partial charge in [0.1, 0.15) is 6.04 Å². The van der Waals surface area contributed by atoms with E-state index in [1.54, 1.807) is 0 Å². The van der Waals surface area contributed by atoms with E-state index in [4.69, 9.17) is 9.26 Å². The minimum absolute atomic E-state index is 0.0681. The summed E-state index contributed by atoms with van der Waals surface area (Å²) in [4.78, 5) is 4.52. The van der Waals surface area contributed by atoms with Gasteiger partial charge in [0.05, 0.1) is 18.5 Å². The van der Waals surface area contributed by atoms with Crippen LogP contribution in [-0.2, 0) is 4.74 Å². The number of thioether (sulfide) groups is 1. The lowest BCUT2D eigenvalue weighted by Gasteiger charge is -2.20. The molecule has 0 saturated carbocycles. The first-order valence-corrected chi connectivity index (χ1v) is 7.24. The molecule has 94 valence electrons. The molecular formula is C11H17N3O2S. The Morgan fingerprint density at radius 3 is 3.12 bits per heavy atom. The van der Waals surface area contributed by atoms with Crippen LogP contribution in [0.5, 0.6) is 0 Å². The van der Waals surface area contributed by atoms with Crippen molar-refractivity contribution < 1.29 is 9.26 Å². The Labute approximate surface area is 105 Å². The summed E-state index contributed by atoms with van der Waals surface area (Å²) in [5.74, 6) is 2.74. The van der Waals surface area contributed by atoms with E-state index in [1.165, 1.54) is 18.6 Å². The van der Waals surface area contributed by atoms with E-state index in [-0.39, 0.29) is 6.04 Å². The molecule has 1 aromatic heterocycles. The van der Waals surface area contributed by atoms with Crippen LogP contribution in [0.4, 0.5) is 0 Å². The quantitative estimate of drug-likeness (QED) is 0.867. The maximum atomic E-state index is 5.40. The average molecular weight is 255 g/mol. The first-order valence-electron chi connectivity index (χ1n) is 6.20. The Morgan fingerprint density at radius 1 is 1.35 bits per heavy atom. The first kappa shape index (κ1) is 11.5. The van der Waals surface area contributed by atoms with Crippen LogP contribution in [0.1, 0.15) is 42.3 Å². The molecule has 2 atom stereocenters. The van der Waals surface area contributed by atoms with Crippen LogP contribution in [0.25, 0.3) is 0 Å². The zero-order valence-corrected chi connectivity index (χ0v) is 10.5. The fourth-order valence-corrected chi connectivity index (χ4v) is 3.42. The van der Waals surface area contributed by atoms with Gasteiger partial charge in [0.2, 0.25) is 5.89 Å². The van der Waals surface area contributed by atoms with Gasteiger partial charge < -0.3 is 14.6 Å². The summed E-state index contributed by atoms with van der Waals surface area (Å²) in [6, 6.07) is 0.0681. The summed E-state index contributed by atoms with van der Waals surface area (Å²) in [5, 5.41) is 7.86. The Morgan fingerprint density at radius 2 is 2.35 bits per heavy atom. The summed E-state index contributed by atoms with van der Waals surface area (Å²) in [7, 11) is 0. The van der Waals surface area contributed by atoms with Gasteiger partial charge in [-0.25, -0.2) is 0 Å². The van der Waals surface area contributed by atoms with Crippen LogP contribution in [0.15, 0.2) is 4.52 Å². The zero-order chi connectivity index (χ0) is 11.5. The van der Waals surface area contributed by atoms with Gasteiger partial charge in [-0.15, -0.1) is 0 Å². The molecule has 6 heteroatoms. The molecule has 5 nitrogen and oxygen atoms in total. The van der Waals surface area contributed by atoms with E-state index in [1.807, 2.05) is 11.8 Å². The zero-order valence-electron chi connectivity index (χ0n) is 9.72. The molecule has 2 aliphatic rings. The third-order valence-electron chi connectivity index (χ3n) is 3.14. The smallest absolute Gasteiger partial charge is 0.246 e. The van der Waals surface area contributed by atoms with Crippen LogP contribution in [0, 0.1) is 0 Å². The molecule has 1 N–H and O–H groups in total. The van der Waals surface area contributed by atoms with Gasteiger partial charge in [0.15, 0.2) is 5.82 Å². The number of hydrogen-bond donors (Lipinski definition) is 1. The van der Waals surface area contributed by atoms with E-state index in [0.717, 1.165) is 25.4 Å². The van der Waals surface area contributed by atoms with Crippen molar-refractivity contribution in [2.75, 3.05) is 25.5 Å². The summed E-state index contributed by atoms with van der Waals surface area (Å²) in [5.41, 5.74) is 0. The maximum absolute atomic E-state index is 5.40. The molecule has 3 heterocycles. The molecule has 0 aromatic carbocycles. The first-order chi connectivity index (χ1) is 8.43. The number of nitrogens with one attached hydrogen (secondary N) is 1. The normalized spacial score (nSPS) is 30.4. The number of morpholine rings is 1. The third-order valence-corrected chi connectivity index (χ3v) is 4.52. The lowest BCUT2D eigenvalue weighted by atomic mass is 10.2. The average Bonchev–Trinajstić information content (AvgIpc) is 2.90. The van der Waals surface area contributed by atoms with Crippen LogP contribution in [0.3, 0.4) is 0 Å². The Kier molecular flexibility index (Phi) is 3.63. The predicted octanol–water partition coefficient (Wildman–Crippen LogP) is 1.69. The molecule has 0 aliphatic carbocycles. The summed E-state index contributed by atoms with van der Waals surface area (Å²) < 4.78 is 10.7. The molecule has 2 unspecified atom stereocenters. The summed E-state index contributed by atoms with van der Waals surface area (Å²) >= 11 is 1.94. The fourth-order valence-electron chi connectivity index (χ4n) is 2.19. The van der Waals surface area contributed by atoms with Gasteiger partial charge in [-0.1, -0.05) is 11.6 Å². The van der Waals surface area contributed by atoms with Crippen LogP contribution >= 0.6 is 11.8 Å². The van der Waals surface area contributed by atoms with Gasteiger partial charge >= 0.3 is 0 Å². The summed E-state index contributed by atoms with van der Waals surface area (Å²) in [6.45, 7) is 2.23. The van der Waals surface area contributed by atoms with Gasteiger partial charge in [-0.05, 0) is 18.6 Å². The molecule has 2 aliphatic heterocycles. The Hall–Kier alpha value is -0.590. The molecule has 2 saturated heterocycles. The van der Waals surface area contributed by atoms with Gasteiger partial charge in [-0.2, -0.15) is 16.7 Å². The SMILES string of the molecule is C1CCC(c2noc(C3COCCN3)n2)SC1. The fraction of sp³-hybridized carbons (Fsp3) is 0.818. The molecule has 2 fully saturated rings. The van der Waals surface area contributed by atoms with Crippen molar-refractivity contribution in [3.05, 3.63) is 11.7 Å². The molecular weight excluding hydrogens is 238 g/mol. The monoisotopic (exact) mass is 255 g/mol. The van der Waals surface area contributed by atoms with Crippen molar-refractivity contribution in [3.63, 3.8) is 0 Å². The standard InChI is InChI=1S/C11H17N3O2S/c1-2-6-17-9(3-1)10-13-11(16-14-10)8-7-15-5-4-12-8/h8-9,12H,1-7H2. The van der Waals surface area contributed by atoms with Crippen LogP contribution in [-0.4, -0.2) is 35.7 Å². The largest absolute Gasteiger partial charge is 0.378 e. The number of ether oxygens (including phenoxy) is 1. The van der Waals surface area contributed by atoms with E-state index in [2.05, 4.69) is 15.5 Å². The number of hydrogen-bond acceptors (Lipinski definition) is 6. The lowest BCUT2D eigenvalue weighted by molar-refractivity contribution is 0.0659. The van der Waals surface area contributed by atoms with Gasteiger partial charge in [0.25, 0.3) is 0 Å². The van der Waals surface area contributed by atoms with Crippen molar-refractivity contribution in [1.29, 1.82) is 0 Å². The molecule has 0 radical (unpaired) electrons. The number of nitrogens with zero attached hydrogens (tertiary/aromatic N) is 2. The highest BCUT2D eigenvalue weighted by Gasteiger charge is 2.25. The highest BCUT2D eigenvalue weighted by atomic mass is 32.2. The second-order valence-corrected chi connectivity index (χ2v) is 5.74. The van der Waals surface area contributed by atoms with Gasteiger partial charge in [0, 0.05) is 6.54 Å². The highest BCUT2D eigenvalue weighted by molar-refractivity contribution is 7.99. The molecule has 0 amide bonds. The third kappa shape index (κ3) is 2.64. The van der Waals surface area contributed by atoms with Crippen LogP contribution in [0.2, 0.25) is 0 Å². The Bertz CT molecular complexity index is 327. The van der Waals surface area contributed by atoms with E-state index < -0.39 is 0 Å². The summed E-state index contributed by atoms with van der Waals surface area (Å²) in [6.07, 6.45) is 3.74. The van der Waals surface area contributed by atoms with Crippen molar-refractivity contribution >= 4 is 11.8 Å². The van der Waals surface area contributed by atoms with Crippen molar-refractivity contribution in [3.8, 4) is 0 Å². The topological polar surface area (TPSA) is 60.2 Å². The van der Waals surface area contributed by atoms with Crippen molar-refractivity contribution in [2.24, 2.45) is 0 Å². The number of rotatable bonds is 2. The second-order valence-electron chi connectivity index (χ2n) is 4.43. The van der Waals surface area contributed by atoms with Crippen molar-refractivity contribution in [2.45, 2.75) is 30.6 Å². The highest BCUT2D eigenvalue weighted by Crippen LogP contribution is 2.36. The predicted molar refractivity (Wildman–Crippen MR) is 64.9 cm³/mol. The minimum Gasteiger partial charge on any atom is -0.378 e. The van der Waals surface area contributed by atoms with Gasteiger partial charge in [-0.3, -0.25) is 0 Å². The van der Waals surface area contributed by atoms with Crippen molar-refractivity contribution in [1.82, 2.24) is 15.5 Å². The molecule has 1 aromatic rings. The molecule has 0 bridgehead atoms. The Balaban J connectivity index is 1.68. The molecule has 0 spiro atoms. The lowest BCUT2D eigenvalue weighted by Crippen LogP contribution is -2.34. The minimum atomic E-state index is 0.0681. The van der Waals surface area contributed by atoms with Crippen LogP contribution < -0.4 is 5.32 Å². The molecule has 17 heavy (non-hydrogen) atoms. The van der Waals surface area contributed by atoms with E-state index >= 15 is 0 Å². The number of aromatic nitrogens is 2. The maximum Gasteiger partial charge on any atom is 0.246 e.